The Bertz CT molecular complexity index is 1070. The van der Waals surface area contributed by atoms with E-state index in [1.165, 1.54) is 0 Å². The van der Waals surface area contributed by atoms with Gasteiger partial charge < -0.3 is 34.2 Å². The minimum atomic E-state index is -6.14. The Labute approximate surface area is 177 Å². The van der Waals surface area contributed by atoms with Gasteiger partial charge in [-0.2, -0.15) is 0 Å². The van der Waals surface area contributed by atoms with Crippen molar-refractivity contribution < 1.29 is 65.4 Å². The highest BCUT2D eigenvalue weighted by atomic mass is 31.3. The Morgan fingerprint density at radius 1 is 1.28 bits per heavy atom. The molecule has 2 rings (SSSR count). The van der Waals surface area contributed by atoms with Crippen LogP contribution >= 0.6 is 23.5 Å². The maximum atomic E-state index is 14.7. The zero-order chi connectivity index (χ0) is 23.8. The summed E-state index contributed by atoms with van der Waals surface area (Å²) in [6, 6.07) is 0.839. The quantitative estimate of drug-likeness (QED) is 0.247. The topological polar surface area (TPSA) is 259 Å². The monoisotopic (exact) mass is 530 g/mol. The number of rotatable bonds is 9. The number of halogens is 1. The molecule has 186 valence electrons. The third-order valence-electron chi connectivity index (χ3n) is 3.64. The van der Waals surface area contributed by atoms with E-state index in [1.54, 1.807) is 0 Å². The summed E-state index contributed by atoms with van der Waals surface area (Å²) in [5.41, 5.74) is -1.94. The van der Waals surface area contributed by atoms with Crippen LogP contribution in [0, 0.1) is 0 Å². The van der Waals surface area contributed by atoms with Gasteiger partial charge in [-0.3, -0.25) is 28.0 Å². The number of aliphatic hydroxyl groups excluding tert-OH is 1. The van der Waals surface area contributed by atoms with Crippen molar-refractivity contribution in [1.82, 2.24) is 9.55 Å². The minimum Gasteiger partial charge on any atom is -0.756 e. The minimum absolute atomic E-state index is 0. The average molecular weight is 530 g/mol. The fourth-order valence-corrected chi connectivity index (χ4v) is 5.33. The van der Waals surface area contributed by atoms with E-state index in [9.17, 15) is 47.5 Å². The first-order valence-corrected chi connectivity index (χ1v) is 12.1. The van der Waals surface area contributed by atoms with Crippen LogP contribution in [-0.4, -0.2) is 56.2 Å². The number of nitrogens with zero attached hydrogens (tertiary/aromatic N) is 1. The van der Waals surface area contributed by atoms with Gasteiger partial charge in [-0.1, -0.05) is 7.43 Å². The van der Waals surface area contributed by atoms with Gasteiger partial charge in [0.25, 0.3) is 21.2 Å². The molecule has 0 amide bonds. The summed E-state index contributed by atoms with van der Waals surface area (Å²) in [6.07, 6.45) is -5.72. The van der Waals surface area contributed by atoms with Crippen molar-refractivity contribution >= 4 is 23.5 Å². The molecule has 1 aromatic heterocycles. The molecule has 1 fully saturated rings. The smallest absolute Gasteiger partial charge is 0.478 e. The Morgan fingerprint density at radius 3 is 2.38 bits per heavy atom. The van der Waals surface area contributed by atoms with Crippen molar-refractivity contribution in [1.29, 1.82) is 0 Å². The number of nitrogens with one attached hydrogen (secondary N) is 1. The zero-order valence-electron chi connectivity index (χ0n) is 15.0. The van der Waals surface area contributed by atoms with Gasteiger partial charge in [0.1, 0.15) is 12.7 Å². The van der Waals surface area contributed by atoms with E-state index < -0.39 is 65.6 Å². The van der Waals surface area contributed by atoms with E-state index in [4.69, 9.17) is 14.4 Å². The molecule has 1 aromatic rings. The van der Waals surface area contributed by atoms with Crippen LogP contribution in [0.25, 0.3) is 0 Å². The molecule has 1 aliphatic rings. The number of hydrogen-bond acceptors (Lipinski definition) is 13. The lowest BCUT2D eigenvalue weighted by molar-refractivity contribution is -0.259. The number of ether oxygens (including phenoxy) is 2. The van der Waals surface area contributed by atoms with Crippen LogP contribution in [-0.2, 0) is 36.3 Å². The van der Waals surface area contributed by atoms with Crippen LogP contribution in [0.2, 0.25) is 0 Å². The SMILES string of the molecule is C.CO[C@]1(COP(=O)(O)OP(=O)([O-])OP(=O)([O-])O)O[C@@H](n2ccc(=O)[nH]c2=O)[C@H](O)[C@@H]1F. The van der Waals surface area contributed by atoms with E-state index in [-0.39, 0.29) is 7.43 Å². The molecule has 17 nitrogen and oxygen atoms in total. The number of alkyl halides is 1. The fraction of sp³-hybridized carbons (Fsp3) is 0.636. The van der Waals surface area contributed by atoms with Gasteiger partial charge in [0.05, 0.1) is 0 Å². The van der Waals surface area contributed by atoms with Crippen LogP contribution in [0.4, 0.5) is 4.39 Å². The predicted octanol–water partition coefficient (Wildman–Crippen LogP) is -2.18. The maximum Gasteiger partial charge on any atom is 0.478 e. The fourth-order valence-electron chi connectivity index (χ4n) is 2.39. The molecule has 0 radical (unpaired) electrons. The van der Waals surface area contributed by atoms with Gasteiger partial charge in [-0.05, 0) is 0 Å². The summed E-state index contributed by atoms with van der Waals surface area (Å²) in [6.45, 7) is -1.45. The number of aromatic nitrogens is 2. The summed E-state index contributed by atoms with van der Waals surface area (Å²) in [5, 5.41) is 10.1. The summed E-state index contributed by atoms with van der Waals surface area (Å²) in [4.78, 5) is 64.2. The van der Waals surface area contributed by atoms with Crippen molar-refractivity contribution in [2.24, 2.45) is 0 Å². The molecule has 7 atom stereocenters. The van der Waals surface area contributed by atoms with Crippen LogP contribution in [0.3, 0.4) is 0 Å². The largest absolute Gasteiger partial charge is 0.756 e. The average Bonchev–Trinajstić information content (AvgIpc) is 2.82. The second-order valence-corrected chi connectivity index (χ2v) is 10.1. The molecule has 0 spiro atoms. The van der Waals surface area contributed by atoms with E-state index in [2.05, 4.69) is 13.1 Å². The third kappa shape index (κ3) is 6.95. The van der Waals surface area contributed by atoms with Crippen molar-refractivity contribution in [3.05, 3.63) is 33.1 Å². The zero-order valence-corrected chi connectivity index (χ0v) is 17.7. The van der Waals surface area contributed by atoms with Crippen LogP contribution in [0.5, 0.6) is 0 Å². The first-order chi connectivity index (χ1) is 14.0. The van der Waals surface area contributed by atoms with E-state index in [0.29, 0.717) is 4.57 Å². The molecule has 21 heteroatoms. The molecule has 1 saturated heterocycles. The summed E-state index contributed by atoms with van der Waals surface area (Å²) >= 11 is 0. The number of methoxy groups -OCH3 is 1. The standard InChI is InChI=1S/C10H16FN2O15P3.CH4/c1-24-10(4-25-30(20,21)28-31(22,23)27-29(17,18)19)7(11)6(15)8(26-10)13-3-2-5(14)12-9(13)16;/h2-3,6-8,15H,4H2,1H3,(H,20,21)(H,22,23)(H,12,14,16)(H2,17,18,19);1H4/p-2/t6-,7+,8-,10-;/m1./s1. The van der Waals surface area contributed by atoms with Crippen molar-refractivity contribution in [3.8, 4) is 0 Å². The lowest BCUT2D eigenvalue weighted by Gasteiger charge is -2.31. The number of hydrogen-bond donors (Lipinski definition) is 4. The number of phosphoric acid groups is 3. The lowest BCUT2D eigenvalue weighted by atomic mass is 10.1. The van der Waals surface area contributed by atoms with Crippen LogP contribution < -0.4 is 21.0 Å². The number of phosphoric ester groups is 1. The molecule has 2 heterocycles. The van der Waals surface area contributed by atoms with Crippen LogP contribution in [0.15, 0.2) is 21.9 Å². The summed E-state index contributed by atoms with van der Waals surface area (Å²) < 4.78 is 69.3. The third-order valence-corrected chi connectivity index (χ3v) is 7.34. The second kappa shape index (κ2) is 10.0. The second-order valence-electron chi connectivity index (χ2n) is 5.76. The highest BCUT2D eigenvalue weighted by molar-refractivity contribution is 7.65. The Kier molecular flexibility index (Phi) is 9.07. The number of H-pyrrole nitrogens is 1. The van der Waals surface area contributed by atoms with Gasteiger partial charge >= 0.3 is 13.5 Å². The maximum absolute atomic E-state index is 14.7. The summed E-state index contributed by atoms with van der Waals surface area (Å²) in [7, 11) is -17.0. The van der Waals surface area contributed by atoms with Crippen molar-refractivity contribution in [2.45, 2.75) is 31.7 Å². The van der Waals surface area contributed by atoms with Gasteiger partial charge in [0.15, 0.2) is 12.4 Å². The number of aromatic amines is 1. The molecule has 0 saturated carbocycles. The molecule has 1 aliphatic heterocycles. The van der Waals surface area contributed by atoms with E-state index in [0.717, 1.165) is 19.4 Å². The van der Waals surface area contributed by atoms with E-state index in [1.807, 2.05) is 4.98 Å². The predicted molar refractivity (Wildman–Crippen MR) is 94.2 cm³/mol. The normalized spacial score (nSPS) is 31.2. The molecule has 0 aliphatic carbocycles. The van der Waals surface area contributed by atoms with Crippen LogP contribution in [0.1, 0.15) is 13.7 Å². The molecule has 4 N–H and O–H groups in total. The highest BCUT2D eigenvalue weighted by Gasteiger charge is 2.58. The van der Waals surface area contributed by atoms with Crippen molar-refractivity contribution in [2.75, 3.05) is 13.7 Å². The Hall–Kier alpha value is -1.10. The first kappa shape index (κ1) is 28.9. The summed E-state index contributed by atoms with van der Waals surface area (Å²) in [5.74, 6) is -2.71. The first-order valence-electron chi connectivity index (χ1n) is 7.62. The van der Waals surface area contributed by atoms with E-state index >= 15 is 0 Å². The molecular formula is C11H18FN2O15P3-2. The van der Waals surface area contributed by atoms with Gasteiger partial charge in [-0.25, -0.2) is 22.4 Å². The Balaban J connectivity index is 0.00000512. The Morgan fingerprint density at radius 2 is 1.88 bits per heavy atom. The van der Waals surface area contributed by atoms with Gasteiger partial charge in [-0.15, -0.1) is 0 Å². The van der Waals surface area contributed by atoms with Gasteiger partial charge in [0.2, 0.25) is 5.79 Å². The highest BCUT2D eigenvalue weighted by Crippen LogP contribution is 2.63. The molecule has 3 unspecified atom stereocenters. The number of aliphatic hydroxyl groups is 1. The van der Waals surface area contributed by atoms with Gasteiger partial charge in [0, 0.05) is 19.4 Å². The molecular weight excluding hydrogens is 512 g/mol. The molecule has 0 bridgehead atoms. The lowest BCUT2D eigenvalue weighted by Crippen LogP contribution is -2.46. The molecule has 32 heavy (non-hydrogen) atoms. The molecule has 0 aromatic carbocycles. The van der Waals surface area contributed by atoms with Crippen molar-refractivity contribution in [3.63, 3.8) is 0 Å².